The molecule has 4 aliphatic heterocycles. The first-order valence-corrected chi connectivity index (χ1v) is 26.8. The second kappa shape index (κ2) is 22.6. The molecule has 4 aromatic carbocycles. The lowest BCUT2D eigenvalue weighted by Gasteiger charge is -2.38. The number of likely N-dealkylation sites (tertiary alicyclic amines) is 1. The van der Waals surface area contributed by atoms with Crippen molar-refractivity contribution in [2.45, 2.75) is 94.0 Å². The smallest absolute Gasteiger partial charge is 0.323 e. The van der Waals surface area contributed by atoms with E-state index < -0.39 is 57.7 Å². The van der Waals surface area contributed by atoms with Crippen molar-refractivity contribution in [3.8, 4) is 11.5 Å². The number of ether oxygens (including phenoxy) is 5. The van der Waals surface area contributed by atoms with Crippen LogP contribution in [0.25, 0.3) is 0 Å². The van der Waals surface area contributed by atoms with Crippen molar-refractivity contribution in [2.75, 3.05) is 86.5 Å². The molecule has 0 bridgehead atoms. The van der Waals surface area contributed by atoms with Gasteiger partial charge in [0.15, 0.2) is 17.9 Å². The summed E-state index contributed by atoms with van der Waals surface area (Å²) in [6.45, 7) is 10.2. The summed E-state index contributed by atoms with van der Waals surface area (Å²) >= 11 is 0. The van der Waals surface area contributed by atoms with Crippen molar-refractivity contribution in [2.24, 2.45) is 0 Å². The number of nitrogens with one attached hydrogen (secondary N) is 1. The molecule has 0 saturated carbocycles. The number of aliphatic hydroxyl groups is 1. The maximum atomic E-state index is 15.7. The number of hydrogen-bond acceptors (Lipinski definition) is 14. The Bertz CT molecular complexity index is 2670. The number of rotatable bonds is 20. The average Bonchev–Trinajstić information content (AvgIpc) is 4.20. The summed E-state index contributed by atoms with van der Waals surface area (Å²) in [5.41, 5.74) is 1.38. The summed E-state index contributed by atoms with van der Waals surface area (Å²) in [7, 11) is -1.22. The molecule has 1 amide bonds. The number of benzene rings is 4. The number of piperazine rings is 1. The van der Waals surface area contributed by atoms with Gasteiger partial charge in [-0.05, 0) is 87.0 Å². The second-order valence-electron chi connectivity index (χ2n) is 19.4. The number of hydrogen-bond donors (Lipinski definition) is 2. The predicted molar refractivity (Wildman–Crippen MR) is 272 cm³/mol. The first-order valence-electron chi connectivity index (χ1n) is 25.0. The van der Waals surface area contributed by atoms with Crippen molar-refractivity contribution in [3.05, 3.63) is 121 Å². The van der Waals surface area contributed by atoms with Gasteiger partial charge >= 0.3 is 5.97 Å². The Balaban J connectivity index is 0.859. The summed E-state index contributed by atoms with van der Waals surface area (Å²) in [5.74, 6) is -1.21. The number of esters is 1. The van der Waals surface area contributed by atoms with Gasteiger partial charge in [-0.25, -0.2) is 22.8 Å². The SMILES string of the molecule is CCCCCOc1ccc(NS2(c3ccc(N4CCN(c5ccc(OC[C@H]6OC[C@](Cn7cncn7)(c7ccc(F)cc7F)O6)cc5)CC4)cc3)C[C@@H](CN3C[C@H](O)C[C@@H]3C(=O)OC)N(C(C)C)C2=O)cc1F. The Hall–Kier alpha value is -6.06. The summed E-state index contributed by atoms with van der Waals surface area (Å²) < 4.78 is 78.9. The molecule has 6 atom stereocenters. The van der Waals surface area contributed by atoms with Gasteiger partial charge in [0, 0.05) is 97.1 Å². The monoisotopic (exact) mass is 1030 g/mol. The third-order valence-electron chi connectivity index (χ3n) is 14.1. The minimum Gasteiger partial charge on any atom is -0.491 e. The zero-order chi connectivity index (χ0) is 51.3. The minimum atomic E-state index is -2.56. The number of anilines is 3. The van der Waals surface area contributed by atoms with Crippen LogP contribution in [-0.4, -0.2) is 143 Å². The lowest BCUT2D eigenvalue weighted by Crippen LogP contribution is -2.48. The molecule has 1 aromatic heterocycles. The molecule has 5 aromatic rings. The molecule has 16 nitrogen and oxygen atoms in total. The molecule has 0 spiro atoms. The average molecular weight is 1030 g/mol. The highest BCUT2D eigenvalue weighted by molar-refractivity contribution is 8.46. The molecule has 9 rings (SSSR count). The van der Waals surface area contributed by atoms with E-state index in [1.165, 1.54) is 42.6 Å². The van der Waals surface area contributed by atoms with E-state index in [2.05, 4.69) is 43.7 Å². The van der Waals surface area contributed by atoms with Crippen LogP contribution < -0.4 is 24.0 Å². The van der Waals surface area contributed by atoms with Crippen molar-refractivity contribution < 1.29 is 51.6 Å². The van der Waals surface area contributed by atoms with Crippen LogP contribution in [0.1, 0.15) is 52.0 Å². The first-order chi connectivity index (χ1) is 35.3. The second-order valence-corrected chi connectivity index (χ2v) is 22.2. The van der Waals surface area contributed by atoms with E-state index in [1.807, 2.05) is 60.0 Å². The number of nitrogens with zero attached hydrogens (tertiary/aromatic N) is 7. The highest BCUT2D eigenvalue weighted by atomic mass is 32.3. The number of unbranched alkanes of at least 4 members (excludes halogenated alkanes) is 2. The highest BCUT2D eigenvalue weighted by Gasteiger charge is 2.52. The maximum absolute atomic E-state index is 15.7. The summed E-state index contributed by atoms with van der Waals surface area (Å²) in [5, 5.41) is 14.7. The lowest BCUT2D eigenvalue weighted by atomic mass is 9.94. The normalized spacial score (nSPS) is 25.3. The maximum Gasteiger partial charge on any atom is 0.323 e. The molecular weight excluding hydrogens is 966 g/mol. The molecule has 392 valence electrons. The van der Waals surface area contributed by atoms with Gasteiger partial charge in [-0.15, -0.1) is 0 Å². The number of methoxy groups -OCH3 is 1. The van der Waals surface area contributed by atoms with Gasteiger partial charge in [-0.2, -0.15) is 5.10 Å². The van der Waals surface area contributed by atoms with E-state index in [1.54, 1.807) is 12.1 Å². The zero-order valence-electron chi connectivity index (χ0n) is 41.7. The number of amides is 1. The van der Waals surface area contributed by atoms with E-state index >= 15 is 13.6 Å². The molecule has 1 unspecified atom stereocenters. The van der Waals surface area contributed by atoms with Gasteiger partial charge in [0.2, 0.25) is 0 Å². The quantitative estimate of drug-likeness (QED) is 0.0572. The van der Waals surface area contributed by atoms with Crippen molar-refractivity contribution in [3.63, 3.8) is 0 Å². The number of β-amino-alcohol motifs (C(OH)–C–C–N with tert-alkyl or cyclic N) is 1. The van der Waals surface area contributed by atoms with Crippen LogP contribution in [0.4, 0.5) is 35.0 Å². The fourth-order valence-corrected chi connectivity index (χ4v) is 14.0. The third-order valence-corrected chi connectivity index (χ3v) is 17.4. The fourth-order valence-electron chi connectivity index (χ4n) is 10.4. The number of carbonyl (C=O) groups excluding carboxylic acids is 2. The van der Waals surface area contributed by atoms with Crippen molar-refractivity contribution in [1.82, 2.24) is 24.6 Å². The molecule has 4 aliphatic rings. The number of aliphatic hydroxyl groups excluding tert-OH is 1. The van der Waals surface area contributed by atoms with Crippen molar-refractivity contribution in [1.29, 1.82) is 0 Å². The van der Waals surface area contributed by atoms with Crippen LogP contribution in [0, 0.1) is 17.5 Å². The Labute approximate surface area is 425 Å². The van der Waals surface area contributed by atoms with Gasteiger partial charge in [0.25, 0.3) is 5.24 Å². The van der Waals surface area contributed by atoms with Crippen LogP contribution >= 0.6 is 10.2 Å². The molecule has 2 N–H and O–H groups in total. The van der Waals surface area contributed by atoms with E-state index in [-0.39, 0.29) is 61.4 Å². The Morgan fingerprint density at radius 1 is 0.932 bits per heavy atom. The topological polar surface area (TPSA) is 156 Å². The molecule has 4 fully saturated rings. The predicted octanol–water partition coefficient (Wildman–Crippen LogP) is 7.95. The summed E-state index contributed by atoms with van der Waals surface area (Å²) in [6, 6.07) is 22.9. The fraction of sp³-hybridized carbons (Fsp3) is 0.472. The molecule has 5 heterocycles. The van der Waals surface area contributed by atoms with Crippen LogP contribution in [0.15, 0.2) is 102 Å². The Morgan fingerprint density at radius 3 is 2.30 bits per heavy atom. The summed E-state index contributed by atoms with van der Waals surface area (Å²) in [6.07, 6.45) is 4.42. The number of aromatic nitrogens is 3. The zero-order valence-corrected chi connectivity index (χ0v) is 42.5. The molecule has 0 aliphatic carbocycles. The van der Waals surface area contributed by atoms with E-state index in [0.29, 0.717) is 30.3 Å². The molecule has 4 saturated heterocycles. The molecular formula is C53H65F3N8O8S. The van der Waals surface area contributed by atoms with Crippen molar-refractivity contribution >= 4 is 38.5 Å². The first kappa shape index (κ1) is 51.8. The van der Waals surface area contributed by atoms with Crippen LogP contribution in [-0.2, 0) is 31.2 Å². The Kier molecular flexibility index (Phi) is 16.0. The number of halogens is 3. The minimum absolute atomic E-state index is 0.00503. The van der Waals surface area contributed by atoms with Crippen LogP contribution in [0.5, 0.6) is 11.5 Å². The summed E-state index contributed by atoms with van der Waals surface area (Å²) in [4.78, 5) is 41.2. The lowest BCUT2D eigenvalue weighted by molar-refractivity contribution is -0.146. The van der Waals surface area contributed by atoms with Gasteiger partial charge in [-0.3, -0.25) is 14.5 Å². The number of carbonyl (C=O) groups is 2. The van der Waals surface area contributed by atoms with Gasteiger partial charge < -0.3 is 48.2 Å². The molecule has 20 heteroatoms. The molecule has 0 radical (unpaired) electrons. The van der Waals surface area contributed by atoms with Crippen LogP contribution in [0.2, 0.25) is 0 Å². The van der Waals surface area contributed by atoms with E-state index in [9.17, 15) is 14.3 Å². The van der Waals surface area contributed by atoms with Gasteiger partial charge in [0.1, 0.15) is 48.3 Å². The standard InChI is InChI=1S/C53H65F3N8O8S/c1-5-6-7-24-69-49-19-9-38(26-47(49)56)59-73(31-41(64(36(2)3)52(73)67)28-62-29-42(65)27-48(62)51(66)68-4)44-16-12-40(13-17-44)61-22-20-60(21-23-61)39-10-14-43(15-11-39)70-30-50-71-33-53(72-50,32-63-35-57-34-58-63)45-18-8-37(54)25-46(45)55/h8-19,25-26,34-36,41-42,48,50,59,65H,5-7,20-24,27-33H2,1-4H3/t41-,42-,48-,50+,53-/m1/s1. The van der Waals surface area contributed by atoms with Crippen LogP contribution in [0.3, 0.4) is 0 Å². The van der Waals surface area contributed by atoms with E-state index in [0.717, 1.165) is 67.8 Å². The van der Waals surface area contributed by atoms with Gasteiger partial charge in [0.05, 0.1) is 39.0 Å². The highest BCUT2D eigenvalue weighted by Crippen LogP contribution is 2.62. The molecule has 73 heavy (non-hydrogen) atoms. The Morgan fingerprint density at radius 2 is 1.66 bits per heavy atom. The van der Waals surface area contributed by atoms with Gasteiger partial charge in [-0.1, -0.05) is 36.0 Å². The largest absolute Gasteiger partial charge is 0.491 e. The van der Waals surface area contributed by atoms with E-state index in [4.69, 9.17) is 23.7 Å². The third kappa shape index (κ3) is 11.4.